The summed E-state index contributed by atoms with van der Waals surface area (Å²) in [6.07, 6.45) is 2.57. The number of amides is 1. The molecule has 9 heteroatoms. The number of nitrogens with zero attached hydrogens (tertiary/aromatic N) is 1. The molecule has 4 aromatic carbocycles. The Morgan fingerprint density at radius 1 is 0.864 bits per heavy atom. The summed E-state index contributed by atoms with van der Waals surface area (Å²) < 4.78 is 28.9. The number of rotatable bonds is 16. The number of sulfonamides is 1. The first-order valence-electron chi connectivity index (χ1n) is 15.2. The van der Waals surface area contributed by atoms with Gasteiger partial charge in [-0.15, -0.1) is 0 Å². The van der Waals surface area contributed by atoms with E-state index in [9.17, 15) is 18.3 Å². The summed E-state index contributed by atoms with van der Waals surface area (Å²) in [5.41, 5.74) is 2.85. The van der Waals surface area contributed by atoms with E-state index in [0.29, 0.717) is 38.8 Å². The third-order valence-electron chi connectivity index (χ3n) is 7.56. The van der Waals surface area contributed by atoms with E-state index in [-0.39, 0.29) is 28.0 Å². The number of hydrogen-bond acceptors (Lipinski definition) is 5. The van der Waals surface area contributed by atoms with Gasteiger partial charge >= 0.3 is 212 Å². The summed E-state index contributed by atoms with van der Waals surface area (Å²) in [7, 11) is -3.83. The van der Waals surface area contributed by atoms with Crippen molar-refractivity contribution in [3.63, 3.8) is 0 Å². The quantitative estimate of drug-likeness (QED) is 0.107. The minimum absolute atomic E-state index is 0.0334. The Morgan fingerprint density at radius 3 is 2.20 bits per heavy atom. The molecule has 0 aromatic heterocycles. The zero-order chi connectivity index (χ0) is 31.5. The second-order valence-corrected chi connectivity index (χ2v) is 15.2. The van der Waals surface area contributed by atoms with Gasteiger partial charge in [0.1, 0.15) is 0 Å². The first-order chi connectivity index (χ1) is 21.2. The van der Waals surface area contributed by atoms with E-state index in [1.165, 1.54) is 31.9 Å². The summed E-state index contributed by atoms with van der Waals surface area (Å²) >= 11 is 1.40. The van der Waals surface area contributed by atoms with Crippen molar-refractivity contribution in [1.82, 2.24) is 9.62 Å². The van der Waals surface area contributed by atoms with E-state index in [2.05, 4.69) is 41.0 Å². The minimum Gasteiger partial charge on any atom is -0.356 e. The van der Waals surface area contributed by atoms with Crippen LogP contribution in [0.2, 0.25) is 4.71 Å². The van der Waals surface area contributed by atoms with Crippen molar-refractivity contribution in [3.05, 3.63) is 103 Å². The minimum atomic E-state index is -3.83. The fraction of sp³-hybridized carbons (Fsp3) is 0.343. The van der Waals surface area contributed by atoms with Crippen LogP contribution < -0.4 is 10.6 Å². The molecule has 0 saturated carbocycles. The van der Waals surface area contributed by atoms with E-state index in [4.69, 9.17) is 0 Å². The molecule has 3 N–H and O–H groups in total. The summed E-state index contributed by atoms with van der Waals surface area (Å²) in [6, 6.07) is 30.4. The fourth-order valence-electron chi connectivity index (χ4n) is 5.22. The van der Waals surface area contributed by atoms with Crippen LogP contribution in [0.25, 0.3) is 10.8 Å². The average Bonchev–Trinajstić information content (AvgIpc) is 3.02. The number of fused-ring (bicyclic) bond motifs is 1. The van der Waals surface area contributed by atoms with Gasteiger partial charge in [0.2, 0.25) is 0 Å². The van der Waals surface area contributed by atoms with E-state index in [1.807, 2.05) is 56.3 Å². The van der Waals surface area contributed by atoms with Gasteiger partial charge in [0, 0.05) is 11.4 Å². The van der Waals surface area contributed by atoms with Gasteiger partial charge in [0.15, 0.2) is 0 Å². The molecule has 0 radical (unpaired) electrons. The fourth-order valence-corrected chi connectivity index (χ4v) is 7.85. The Hall–Kier alpha value is -3.16. The van der Waals surface area contributed by atoms with Crippen molar-refractivity contribution in [2.24, 2.45) is 5.92 Å². The topological polar surface area (TPSA) is 98.7 Å². The van der Waals surface area contributed by atoms with Crippen molar-refractivity contribution in [2.75, 3.05) is 25.0 Å². The molecule has 3 atom stereocenters. The monoisotopic (exact) mass is 677 g/mol. The number of anilines is 2. The molecule has 0 aliphatic rings. The van der Waals surface area contributed by atoms with Crippen LogP contribution in [-0.2, 0) is 21.2 Å². The Morgan fingerprint density at radius 2 is 1.52 bits per heavy atom. The molecular formula is C35H44AsN3O4S. The molecule has 44 heavy (non-hydrogen) atoms. The van der Waals surface area contributed by atoms with Gasteiger partial charge in [-0.25, -0.2) is 0 Å². The summed E-state index contributed by atoms with van der Waals surface area (Å²) in [6.45, 7) is 4.50. The predicted octanol–water partition coefficient (Wildman–Crippen LogP) is 5.54. The molecule has 4 rings (SSSR count). The van der Waals surface area contributed by atoms with Crippen LogP contribution in [0.1, 0.15) is 38.7 Å². The standard InChI is InChI=1S/C35H44AsN3O4S/c1-26(2)24-39(44(42,43)33-19-17-31(18-20-33)38-30-12-4-3-5-13-30)32(25-40)14-8-9-21-37-35(41)34(36)23-27-15-16-28-10-6-7-11-29(28)22-27/h3-7,10-13,15-20,22,26,32,34,38,40H,8-9,14,21,23-25,36H2,1-2H3,(H,37,41)/t32?,34-/m0/s1. The molecule has 2 unspecified atom stereocenters. The molecule has 7 nitrogen and oxygen atoms in total. The first-order valence-corrected chi connectivity index (χ1v) is 18.1. The van der Waals surface area contributed by atoms with Gasteiger partial charge in [0.25, 0.3) is 0 Å². The third kappa shape index (κ3) is 9.42. The summed E-state index contributed by atoms with van der Waals surface area (Å²) in [4.78, 5) is 13.0. The molecule has 1 amide bonds. The van der Waals surface area contributed by atoms with Gasteiger partial charge < -0.3 is 5.32 Å². The molecule has 0 heterocycles. The van der Waals surface area contributed by atoms with E-state index in [0.717, 1.165) is 16.9 Å². The molecule has 0 aliphatic heterocycles. The van der Waals surface area contributed by atoms with Gasteiger partial charge in [-0.2, -0.15) is 0 Å². The van der Waals surface area contributed by atoms with Crippen LogP contribution in [0, 0.1) is 5.92 Å². The maximum absolute atomic E-state index is 13.8. The summed E-state index contributed by atoms with van der Waals surface area (Å²) in [5.74, 6) is 0.120. The molecule has 0 saturated heterocycles. The Balaban J connectivity index is 1.29. The molecule has 0 aliphatic carbocycles. The molecule has 0 bridgehead atoms. The molecule has 0 spiro atoms. The van der Waals surface area contributed by atoms with Crippen LogP contribution >= 0.6 is 0 Å². The molecule has 4 aromatic rings. The first kappa shape index (κ1) is 33.7. The number of carbonyl (C=O) groups is 1. The summed E-state index contributed by atoms with van der Waals surface area (Å²) in [5, 5.41) is 19.0. The van der Waals surface area contributed by atoms with Gasteiger partial charge in [-0.3, -0.25) is 0 Å². The van der Waals surface area contributed by atoms with Crippen LogP contribution in [0.15, 0.2) is 102 Å². The zero-order valence-electron chi connectivity index (χ0n) is 25.5. The van der Waals surface area contributed by atoms with E-state index >= 15 is 0 Å². The van der Waals surface area contributed by atoms with Gasteiger partial charge in [-0.1, -0.05) is 18.2 Å². The number of hydrogen-bond donors (Lipinski definition) is 3. The van der Waals surface area contributed by atoms with Crippen molar-refractivity contribution in [3.8, 4) is 0 Å². The van der Waals surface area contributed by atoms with Crippen molar-refractivity contribution < 1.29 is 18.3 Å². The Kier molecular flexibility index (Phi) is 12.4. The second-order valence-electron chi connectivity index (χ2n) is 11.6. The van der Waals surface area contributed by atoms with Crippen molar-refractivity contribution >= 4 is 54.9 Å². The van der Waals surface area contributed by atoms with E-state index in [1.54, 1.807) is 24.3 Å². The van der Waals surface area contributed by atoms with E-state index < -0.39 is 16.1 Å². The second kappa shape index (κ2) is 16.2. The number of aliphatic hydroxyl groups excluding tert-OH is 1. The van der Waals surface area contributed by atoms with Crippen molar-refractivity contribution in [2.45, 2.75) is 55.2 Å². The van der Waals surface area contributed by atoms with Gasteiger partial charge in [0.05, 0.1) is 0 Å². The van der Waals surface area contributed by atoms with Crippen molar-refractivity contribution in [1.29, 1.82) is 0 Å². The number of para-hydroxylation sites is 1. The average molecular weight is 678 g/mol. The van der Waals surface area contributed by atoms with Crippen LogP contribution in [0.3, 0.4) is 0 Å². The normalized spacial score (nSPS) is 13.2. The zero-order valence-corrected chi connectivity index (χ0v) is 28.8. The Bertz CT molecular complexity index is 1600. The maximum atomic E-state index is 13.8. The number of carbonyl (C=O) groups excluding carboxylic acids is 1. The smallest absolute Gasteiger partial charge is 0.356 e. The van der Waals surface area contributed by atoms with Crippen LogP contribution in [0.4, 0.5) is 11.4 Å². The predicted molar refractivity (Wildman–Crippen MR) is 183 cm³/mol. The molecular weight excluding hydrogens is 633 g/mol. The molecule has 0 fully saturated rings. The number of unbranched alkanes of at least 4 members (excludes halogenated alkanes) is 1. The SMILES string of the molecule is CC(C)CN(C(CO)CCCCNC(=O)[C@@H]([AsH2])Cc1ccc2ccccc2c1)S(=O)(=O)c1ccc(Nc2ccccc2)cc1. The van der Waals surface area contributed by atoms with Crippen LogP contribution in [-0.4, -0.2) is 66.3 Å². The number of aliphatic hydroxyl groups is 1. The Labute approximate surface area is 270 Å². The van der Waals surface area contributed by atoms with Crippen LogP contribution in [0.5, 0.6) is 0 Å². The number of nitrogens with one attached hydrogen (secondary N) is 2. The molecule has 234 valence electrons. The third-order valence-corrected chi connectivity index (χ3v) is 10.6. The number of benzene rings is 4. The van der Waals surface area contributed by atoms with Gasteiger partial charge in [-0.05, 0) is 24.3 Å².